The van der Waals surface area contributed by atoms with Crippen LogP contribution < -0.4 is 0 Å². The fraction of sp³-hybridized carbons (Fsp3) is 0.304. The number of unbranched alkanes of at least 4 members (excludes halogenated alkanes) is 1. The highest BCUT2D eigenvalue weighted by atomic mass is 19.2. The largest absolute Gasteiger partial charge is 0.505 e. The zero-order chi connectivity index (χ0) is 23.1. The molecule has 0 fully saturated rings. The van der Waals surface area contributed by atoms with Crippen LogP contribution in [-0.4, -0.2) is 26.7 Å². The van der Waals surface area contributed by atoms with Gasteiger partial charge in [-0.2, -0.15) is 0 Å². The average molecular weight is 433 g/mol. The molecule has 0 spiro atoms. The number of nitrogens with zero attached hydrogens (tertiary/aromatic N) is 1. The summed E-state index contributed by atoms with van der Waals surface area (Å²) in [5.41, 5.74) is -1.50. The number of hydrogen-bond acceptors (Lipinski definition) is 3. The van der Waals surface area contributed by atoms with E-state index >= 15 is 4.39 Å². The standard InChI is InChI=1S/C23H22F3NO4/c1-4-5-10-23(3,22(30)31)19-12(2)27(16-8-9-17(28)20(26)18(16)19)21(29)13-6-7-14(24)15(25)11-13/h6-9,11,28H,4-5,10H2,1-3H3,(H,30,31)/t23-/m1/s1. The van der Waals surface area contributed by atoms with E-state index in [1.54, 1.807) is 0 Å². The van der Waals surface area contributed by atoms with Gasteiger partial charge in [0.05, 0.1) is 10.9 Å². The number of carboxylic acids is 1. The van der Waals surface area contributed by atoms with E-state index in [4.69, 9.17) is 0 Å². The molecule has 0 unspecified atom stereocenters. The zero-order valence-corrected chi connectivity index (χ0v) is 17.3. The molecule has 0 radical (unpaired) electrons. The van der Waals surface area contributed by atoms with E-state index in [2.05, 4.69) is 0 Å². The third-order valence-corrected chi connectivity index (χ3v) is 5.71. The normalized spacial score (nSPS) is 13.4. The molecule has 0 aliphatic carbocycles. The highest BCUT2D eigenvalue weighted by molar-refractivity contribution is 6.06. The Labute approximate surface area is 176 Å². The van der Waals surface area contributed by atoms with Crippen molar-refractivity contribution < 1.29 is 33.0 Å². The molecule has 1 aromatic heterocycles. The SMILES string of the molecule is CCCC[C@@](C)(C(=O)O)c1c(C)n(C(=O)c2ccc(F)c(F)c2)c2ccc(O)c(F)c12. The number of fused-ring (bicyclic) bond motifs is 1. The van der Waals surface area contributed by atoms with Crippen molar-refractivity contribution >= 4 is 22.8 Å². The smallest absolute Gasteiger partial charge is 0.313 e. The third kappa shape index (κ3) is 3.56. The van der Waals surface area contributed by atoms with Gasteiger partial charge in [-0.15, -0.1) is 0 Å². The molecule has 5 nitrogen and oxygen atoms in total. The molecule has 8 heteroatoms. The number of hydrogen-bond donors (Lipinski definition) is 2. The van der Waals surface area contributed by atoms with Gasteiger partial charge in [0.25, 0.3) is 5.91 Å². The topological polar surface area (TPSA) is 79.5 Å². The molecule has 3 aromatic rings. The fourth-order valence-corrected chi connectivity index (χ4v) is 4.02. The van der Waals surface area contributed by atoms with E-state index in [1.165, 1.54) is 19.9 Å². The highest BCUT2D eigenvalue weighted by Gasteiger charge is 2.41. The first kappa shape index (κ1) is 22.4. The van der Waals surface area contributed by atoms with E-state index in [1.807, 2.05) is 6.92 Å². The van der Waals surface area contributed by atoms with Gasteiger partial charge in [0, 0.05) is 22.2 Å². The van der Waals surface area contributed by atoms with Gasteiger partial charge in [-0.25, -0.2) is 13.2 Å². The Balaban J connectivity index is 2.38. The van der Waals surface area contributed by atoms with Crippen molar-refractivity contribution in [3.8, 4) is 5.75 Å². The molecule has 0 aliphatic heterocycles. The number of carbonyl (C=O) groups excluding carboxylic acids is 1. The Morgan fingerprint density at radius 3 is 2.35 bits per heavy atom. The number of benzene rings is 2. The summed E-state index contributed by atoms with van der Waals surface area (Å²) in [5, 5.41) is 19.8. The lowest BCUT2D eigenvalue weighted by molar-refractivity contribution is -0.143. The first-order valence-corrected chi connectivity index (χ1v) is 9.80. The van der Waals surface area contributed by atoms with Crippen LogP contribution >= 0.6 is 0 Å². The molecule has 164 valence electrons. The molecule has 0 amide bonds. The van der Waals surface area contributed by atoms with Gasteiger partial charge in [0.1, 0.15) is 0 Å². The summed E-state index contributed by atoms with van der Waals surface area (Å²) >= 11 is 0. The monoisotopic (exact) mass is 433 g/mol. The predicted molar refractivity (Wildman–Crippen MR) is 109 cm³/mol. The van der Waals surface area contributed by atoms with Crippen LogP contribution in [-0.2, 0) is 10.2 Å². The summed E-state index contributed by atoms with van der Waals surface area (Å²) in [6.45, 7) is 4.80. The molecule has 0 aliphatic rings. The lowest BCUT2D eigenvalue weighted by atomic mass is 9.76. The van der Waals surface area contributed by atoms with Gasteiger partial charge in [0.15, 0.2) is 23.2 Å². The second-order valence-corrected chi connectivity index (χ2v) is 7.76. The van der Waals surface area contributed by atoms with Crippen molar-refractivity contribution in [2.24, 2.45) is 0 Å². The van der Waals surface area contributed by atoms with Crippen LogP contribution in [0.3, 0.4) is 0 Å². The molecule has 1 heterocycles. The number of halogens is 3. The Hall–Kier alpha value is -3.29. The van der Waals surface area contributed by atoms with Crippen LogP contribution in [0.1, 0.15) is 54.7 Å². The number of rotatable bonds is 6. The average Bonchev–Trinajstić information content (AvgIpc) is 3.03. The molecule has 1 atom stereocenters. The van der Waals surface area contributed by atoms with E-state index in [-0.39, 0.29) is 34.1 Å². The summed E-state index contributed by atoms with van der Waals surface area (Å²) < 4.78 is 43.2. The molecular formula is C23H22F3NO4. The van der Waals surface area contributed by atoms with Crippen LogP contribution in [0.25, 0.3) is 10.9 Å². The fourth-order valence-electron chi connectivity index (χ4n) is 4.02. The molecule has 3 rings (SSSR count). The maximum atomic E-state index is 15.1. The maximum absolute atomic E-state index is 15.1. The van der Waals surface area contributed by atoms with Gasteiger partial charge in [0.2, 0.25) is 0 Å². The van der Waals surface area contributed by atoms with Crippen molar-refractivity contribution in [2.45, 2.75) is 45.4 Å². The number of aromatic nitrogens is 1. The van der Waals surface area contributed by atoms with Crippen LogP contribution in [0.15, 0.2) is 30.3 Å². The first-order valence-electron chi connectivity index (χ1n) is 9.80. The molecule has 2 N–H and O–H groups in total. The number of aromatic hydroxyl groups is 1. The molecule has 2 aromatic carbocycles. The molecular weight excluding hydrogens is 411 g/mol. The third-order valence-electron chi connectivity index (χ3n) is 5.71. The quantitative estimate of drug-likeness (QED) is 0.553. The summed E-state index contributed by atoms with van der Waals surface area (Å²) in [6, 6.07) is 4.98. The lowest BCUT2D eigenvalue weighted by Gasteiger charge is -2.26. The number of aliphatic carboxylic acids is 1. The predicted octanol–water partition coefficient (Wildman–Crippen LogP) is 5.29. The lowest BCUT2D eigenvalue weighted by Crippen LogP contribution is -2.33. The number of phenolic OH excluding ortho intramolecular Hbond substituents is 1. The molecule has 0 bridgehead atoms. The Morgan fingerprint density at radius 2 is 1.77 bits per heavy atom. The molecule has 31 heavy (non-hydrogen) atoms. The van der Waals surface area contributed by atoms with Gasteiger partial charge >= 0.3 is 5.97 Å². The van der Waals surface area contributed by atoms with E-state index in [0.29, 0.717) is 12.8 Å². The van der Waals surface area contributed by atoms with Crippen molar-refractivity contribution in [3.05, 3.63) is 64.6 Å². The van der Waals surface area contributed by atoms with E-state index in [9.17, 15) is 28.6 Å². The van der Waals surface area contributed by atoms with Crippen LogP contribution in [0, 0.1) is 24.4 Å². The Morgan fingerprint density at radius 1 is 1.10 bits per heavy atom. The minimum Gasteiger partial charge on any atom is -0.505 e. The number of phenols is 1. The maximum Gasteiger partial charge on any atom is 0.313 e. The Bertz CT molecular complexity index is 1200. The summed E-state index contributed by atoms with van der Waals surface area (Å²) in [6.07, 6.45) is 1.40. The molecule has 0 saturated heterocycles. The van der Waals surface area contributed by atoms with Gasteiger partial charge in [-0.05, 0) is 50.6 Å². The molecule has 0 saturated carbocycles. The number of carbonyl (C=O) groups is 2. The van der Waals surface area contributed by atoms with Crippen LogP contribution in [0.4, 0.5) is 13.2 Å². The van der Waals surface area contributed by atoms with Gasteiger partial charge in [-0.3, -0.25) is 14.2 Å². The van der Waals surface area contributed by atoms with E-state index < -0.39 is 40.5 Å². The van der Waals surface area contributed by atoms with Crippen LogP contribution in [0.5, 0.6) is 5.75 Å². The van der Waals surface area contributed by atoms with Crippen molar-refractivity contribution in [1.29, 1.82) is 0 Å². The van der Waals surface area contributed by atoms with Gasteiger partial charge in [-0.1, -0.05) is 19.8 Å². The summed E-state index contributed by atoms with van der Waals surface area (Å²) in [5.74, 6) is -6.06. The Kier molecular flexibility index (Phi) is 5.85. The highest BCUT2D eigenvalue weighted by Crippen LogP contribution is 2.42. The second kappa shape index (κ2) is 8.09. The summed E-state index contributed by atoms with van der Waals surface area (Å²) in [4.78, 5) is 25.5. The first-order chi connectivity index (χ1) is 14.5. The van der Waals surface area contributed by atoms with Gasteiger partial charge < -0.3 is 10.2 Å². The minimum absolute atomic E-state index is 0.0292. The zero-order valence-electron chi connectivity index (χ0n) is 17.3. The van der Waals surface area contributed by atoms with Crippen molar-refractivity contribution in [2.75, 3.05) is 0 Å². The number of carboxylic acid groups (broad SMARTS) is 1. The second-order valence-electron chi connectivity index (χ2n) is 7.76. The van der Waals surface area contributed by atoms with Crippen molar-refractivity contribution in [1.82, 2.24) is 4.57 Å². The van der Waals surface area contributed by atoms with Crippen molar-refractivity contribution in [3.63, 3.8) is 0 Å². The minimum atomic E-state index is -1.55. The van der Waals surface area contributed by atoms with E-state index in [0.717, 1.165) is 28.8 Å². The summed E-state index contributed by atoms with van der Waals surface area (Å²) in [7, 11) is 0. The van der Waals surface area contributed by atoms with Crippen LogP contribution in [0.2, 0.25) is 0 Å².